The Morgan fingerprint density at radius 1 is 1.35 bits per heavy atom. The molecule has 0 spiro atoms. The fourth-order valence-corrected chi connectivity index (χ4v) is 2.56. The van der Waals surface area contributed by atoms with Crippen molar-refractivity contribution in [2.45, 2.75) is 26.5 Å². The number of carbonyl (C=O) groups excluding carboxylic acids is 1. The van der Waals surface area contributed by atoms with E-state index in [1.165, 1.54) is 12.1 Å². The van der Waals surface area contributed by atoms with E-state index in [1.54, 1.807) is 36.4 Å². The quantitative estimate of drug-likeness (QED) is 0.552. The molecule has 26 heavy (non-hydrogen) atoms. The monoisotopic (exact) mass is 416 g/mol. The van der Waals surface area contributed by atoms with Crippen LogP contribution in [0, 0.1) is 17.1 Å². The summed E-state index contributed by atoms with van der Waals surface area (Å²) in [5, 5.41) is 12.0. The minimum absolute atomic E-state index is 0.0347. The first kappa shape index (κ1) is 19.7. The molecular formula is C20H18BrFN2O2. The van der Waals surface area contributed by atoms with Crippen molar-refractivity contribution in [2.75, 3.05) is 0 Å². The van der Waals surface area contributed by atoms with E-state index in [1.807, 2.05) is 19.9 Å². The average molecular weight is 417 g/mol. The van der Waals surface area contributed by atoms with Gasteiger partial charge in [0.2, 0.25) is 0 Å². The van der Waals surface area contributed by atoms with E-state index in [-0.39, 0.29) is 24.0 Å². The minimum atomic E-state index is -0.456. The third-order valence-corrected chi connectivity index (χ3v) is 3.89. The second-order valence-electron chi connectivity index (χ2n) is 5.86. The van der Waals surface area contributed by atoms with Gasteiger partial charge in [0.1, 0.15) is 29.8 Å². The molecule has 0 saturated carbocycles. The van der Waals surface area contributed by atoms with Crippen LogP contribution in [0.15, 0.2) is 52.5 Å². The summed E-state index contributed by atoms with van der Waals surface area (Å²) < 4.78 is 20.2. The summed E-state index contributed by atoms with van der Waals surface area (Å²) in [5.74, 6) is -0.361. The topological polar surface area (TPSA) is 62.1 Å². The Morgan fingerprint density at radius 3 is 2.73 bits per heavy atom. The molecule has 1 amide bonds. The van der Waals surface area contributed by atoms with Crippen LogP contribution in [0.25, 0.3) is 6.08 Å². The lowest BCUT2D eigenvalue weighted by Crippen LogP contribution is -2.30. The Morgan fingerprint density at radius 2 is 2.08 bits per heavy atom. The van der Waals surface area contributed by atoms with Gasteiger partial charge in [-0.25, -0.2) is 4.39 Å². The van der Waals surface area contributed by atoms with Gasteiger partial charge in [-0.15, -0.1) is 0 Å². The highest BCUT2D eigenvalue weighted by Crippen LogP contribution is 2.26. The van der Waals surface area contributed by atoms with Crippen molar-refractivity contribution in [1.29, 1.82) is 5.26 Å². The first-order valence-electron chi connectivity index (χ1n) is 7.99. The van der Waals surface area contributed by atoms with Gasteiger partial charge in [0, 0.05) is 21.6 Å². The van der Waals surface area contributed by atoms with Gasteiger partial charge in [-0.3, -0.25) is 4.79 Å². The molecule has 0 heterocycles. The fraction of sp³-hybridized carbons (Fsp3) is 0.200. The molecule has 0 aromatic heterocycles. The Kier molecular flexibility index (Phi) is 6.93. The van der Waals surface area contributed by atoms with E-state index < -0.39 is 5.91 Å². The maximum absolute atomic E-state index is 13.8. The average Bonchev–Trinajstić information content (AvgIpc) is 2.59. The lowest BCUT2D eigenvalue weighted by molar-refractivity contribution is -0.117. The molecule has 0 saturated heterocycles. The zero-order valence-corrected chi connectivity index (χ0v) is 16.0. The minimum Gasteiger partial charge on any atom is -0.488 e. The lowest BCUT2D eigenvalue weighted by atomic mass is 10.1. The van der Waals surface area contributed by atoms with Crippen molar-refractivity contribution in [1.82, 2.24) is 5.32 Å². The van der Waals surface area contributed by atoms with Crippen LogP contribution in [-0.4, -0.2) is 11.9 Å². The number of benzene rings is 2. The molecule has 6 heteroatoms. The number of hydrogen-bond acceptors (Lipinski definition) is 3. The molecule has 2 aromatic carbocycles. The first-order valence-corrected chi connectivity index (χ1v) is 8.78. The van der Waals surface area contributed by atoms with E-state index in [0.717, 1.165) is 4.47 Å². The molecule has 0 aliphatic heterocycles. The summed E-state index contributed by atoms with van der Waals surface area (Å²) in [5.41, 5.74) is 0.933. The molecule has 1 N–H and O–H groups in total. The molecule has 4 nitrogen and oxygen atoms in total. The van der Waals surface area contributed by atoms with Gasteiger partial charge in [0.05, 0.1) is 0 Å². The maximum atomic E-state index is 13.8. The number of rotatable bonds is 6. The van der Waals surface area contributed by atoms with Crippen LogP contribution in [0.2, 0.25) is 0 Å². The number of nitrogens with one attached hydrogen (secondary N) is 1. The molecule has 2 aromatic rings. The van der Waals surface area contributed by atoms with Crippen molar-refractivity contribution in [2.24, 2.45) is 0 Å². The fourth-order valence-electron chi connectivity index (χ4n) is 2.18. The molecule has 0 fully saturated rings. The van der Waals surface area contributed by atoms with Crippen LogP contribution < -0.4 is 10.1 Å². The van der Waals surface area contributed by atoms with Crippen LogP contribution in [0.1, 0.15) is 25.0 Å². The van der Waals surface area contributed by atoms with Crippen molar-refractivity contribution in [3.8, 4) is 11.8 Å². The summed E-state index contributed by atoms with van der Waals surface area (Å²) in [4.78, 5) is 12.1. The highest BCUT2D eigenvalue weighted by atomic mass is 79.9. The maximum Gasteiger partial charge on any atom is 0.262 e. The van der Waals surface area contributed by atoms with Gasteiger partial charge in [-0.1, -0.05) is 34.1 Å². The number of hydrogen-bond donors (Lipinski definition) is 1. The Bertz CT molecular complexity index is 872. The van der Waals surface area contributed by atoms with Crippen LogP contribution in [0.4, 0.5) is 4.39 Å². The van der Waals surface area contributed by atoms with E-state index in [2.05, 4.69) is 21.2 Å². The number of halogens is 2. The highest BCUT2D eigenvalue weighted by molar-refractivity contribution is 9.10. The highest BCUT2D eigenvalue weighted by Gasteiger charge is 2.12. The van der Waals surface area contributed by atoms with Crippen LogP contribution in [-0.2, 0) is 11.4 Å². The molecule has 134 valence electrons. The molecule has 0 aliphatic rings. The number of nitriles is 1. The molecule has 0 atom stereocenters. The number of ether oxygens (including phenoxy) is 1. The van der Waals surface area contributed by atoms with Crippen molar-refractivity contribution >= 4 is 27.9 Å². The van der Waals surface area contributed by atoms with Gasteiger partial charge in [-0.05, 0) is 44.2 Å². The second-order valence-corrected chi connectivity index (χ2v) is 6.78. The van der Waals surface area contributed by atoms with E-state index in [4.69, 9.17) is 4.74 Å². The third kappa shape index (κ3) is 5.43. The standard InChI is InChI=1S/C20H18BrFN2O2/c1-13(2)24-20(25)16(11-23)9-15-10-17(21)7-8-19(15)26-12-14-5-3-4-6-18(14)22/h3-10,13H,12H2,1-2H3,(H,24,25)/b16-9-. The Labute approximate surface area is 160 Å². The summed E-state index contributed by atoms with van der Waals surface area (Å²) in [6.07, 6.45) is 1.46. The summed E-state index contributed by atoms with van der Waals surface area (Å²) in [6, 6.07) is 13.4. The van der Waals surface area contributed by atoms with Crippen molar-refractivity contribution in [3.05, 3.63) is 69.5 Å². The third-order valence-electron chi connectivity index (χ3n) is 3.40. The SMILES string of the molecule is CC(C)NC(=O)/C(C#N)=C\c1cc(Br)ccc1OCc1ccccc1F. The summed E-state index contributed by atoms with van der Waals surface area (Å²) in [7, 11) is 0. The summed E-state index contributed by atoms with van der Waals surface area (Å²) in [6.45, 7) is 3.67. The number of amides is 1. The van der Waals surface area contributed by atoms with Gasteiger partial charge < -0.3 is 10.1 Å². The number of carbonyl (C=O) groups is 1. The van der Waals surface area contributed by atoms with E-state index in [0.29, 0.717) is 16.9 Å². The molecule has 0 bridgehead atoms. The van der Waals surface area contributed by atoms with Gasteiger partial charge in [-0.2, -0.15) is 5.26 Å². The zero-order chi connectivity index (χ0) is 19.1. The van der Waals surface area contributed by atoms with Gasteiger partial charge in [0.15, 0.2) is 0 Å². The Hall–Kier alpha value is -2.65. The predicted octanol–water partition coefficient (Wildman–Crippen LogP) is 4.60. The molecule has 0 radical (unpaired) electrons. The first-order chi connectivity index (χ1) is 12.4. The molecular weight excluding hydrogens is 399 g/mol. The van der Waals surface area contributed by atoms with E-state index >= 15 is 0 Å². The normalized spacial score (nSPS) is 11.2. The molecule has 2 rings (SSSR count). The van der Waals surface area contributed by atoms with Crippen molar-refractivity contribution in [3.63, 3.8) is 0 Å². The zero-order valence-electron chi connectivity index (χ0n) is 14.4. The van der Waals surface area contributed by atoms with Crippen LogP contribution in [0.3, 0.4) is 0 Å². The molecule has 0 aliphatic carbocycles. The van der Waals surface area contributed by atoms with Crippen LogP contribution in [0.5, 0.6) is 5.75 Å². The smallest absolute Gasteiger partial charge is 0.262 e. The van der Waals surface area contributed by atoms with Gasteiger partial charge >= 0.3 is 0 Å². The summed E-state index contributed by atoms with van der Waals surface area (Å²) >= 11 is 3.36. The Balaban J connectivity index is 2.29. The molecule has 0 unspecified atom stereocenters. The van der Waals surface area contributed by atoms with Crippen LogP contribution >= 0.6 is 15.9 Å². The largest absolute Gasteiger partial charge is 0.488 e. The second kappa shape index (κ2) is 9.16. The predicted molar refractivity (Wildman–Crippen MR) is 102 cm³/mol. The van der Waals surface area contributed by atoms with Crippen molar-refractivity contribution < 1.29 is 13.9 Å². The van der Waals surface area contributed by atoms with Gasteiger partial charge in [0.25, 0.3) is 5.91 Å². The number of nitrogens with zero attached hydrogens (tertiary/aromatic N) is 1. The lowest BCUT2D eigenvalue weighted by Gasteiger charge is -2.11. The van der Waals surface area contributed by atoms with E-state index in [9.17, 15) is 14.4 Å².